The maximum absolute atomic E-state index is 11.7. The summed E-state index contributed by atoms with van der Waals surface area (Å²) in [7, 11) is 0. The molecular weight excluding hydrogens is 312 g/mol. The predicted molar refractivity (Wildman–Crippen MR) is 98.3 cm³/mol. The number of fused-ring (bicyclic) bond motifs is 2. The summed E-state index contributed by atoms with van der Waals surface area (Å²) < 4.78 is 6.55. The van der Waals surface area contributed by atoms with E-state index in [1.807, 2.05) is 18.2 Å². The number of amides is 1. The number of ether oxygens (including phenoxy) is 1. The number of rotatable bonds is 6. The first-order chi connectivity index (χ1) is 12.1. The van der Waals surface area contributed by atoms with Gasteiger partial charge in [-0.1, -0.05) is 18.6 Å². The quantitative estimate of drug-likeness (QED) is 0.864. The highest BCUT2D eigenvalue weighted by Crippen LogP contribution is 2.52. The molecule has 0 unspecified atom stereocenters. The van der Waals surface area contributed by atoms with Crippen LogP contribution >= 0.6 is 0 Å². The van der Waals surface area contributed by atoms with Crippen molar-refractivity contribution < 1.29 is 9.53 Å². The number of hydrogen-bond acceptors (Lipinski definition) is 3. The minimum atomic E-state index is -0.357. The SMILES string of the molecule is CCO[C@]1(c2cccc(C(N)=O)c2)[C@@H]2CCC[C@H]1CN(CC1CC1)C2. The summed E-state index contributed by atoms with van der Waals surface area (Å²) in [6.45, 7) is 6.29. The molecule has 3 atom stereocenters. The molecule has 4 heteroatoms. The van der Waals surface area contributed by atoms with Crippen molar-refractivity contribution in [3.63, 3.8) is 0 Å². The lowest BCUT2D eigenvalue weighted by Crippen LogP contribution is -2.59. The minimum Gasteiger partial charge on any atom is -0.370 e. The molecule has 2 bridgehead atoms. The number of hydrogen-bond donors (Lipinski definition) is 1. The highest BCUT2D eigenvalue weighted by atomic mass is 16.5. The number of piperidine rings is 1. The largest absolute Gasteiger partial charge is 0.370 e. The van der Waals surface area contributed by atoms with Gasteiger partial charge in [-0.3, -0.25) is 4.79 Å². The Balaban J connectivity index is 1.69. The monoisotopic (exact) mass is 342 g/mol. The van der Waals surface area contributed by atoms with Gasteiger partial charge in [-0.05, 0) is 56.2 Å². The fourth-order valence-electron chi connectivity index (χ4n) is 5.28. The number of carbonyl (C=O) groups is 1. The Labute approximate surface area is 150 Å². The zero-order valence-corrected chi connectivity index (χ0v) is 15.2. The fourth-order valence-corrected chi connectivity index (χ4v) is 5.28. The van der Waals surface area contributed by atoms with Crippen LogP contribution < -0.4 is 5.73 Å². The number of carbonyl (C=O) groups excluding carboxylic acids is 1. The highest BCUT2D eigenvalue weighted by molar-refractivity contribution is 5.92. The van der Waals surface area contributed by atoms with Crippen molar-refractivity contribution in [2.45, 2.75) is 44.6 Å². The Kier molecular flexibility index (Phi) is 4.59. The number of benzene rings is 1. The van der Waals surface area contributed by atoms with Crippen molar-refractivity contribution in [2.75, 3.05) is 26.2 Å². The molecule has 3 fully saturated rings. The van der Waals surface area contributed by atoms with E-state index >= 15 is 0 Å². The first kappa shape index (κ1) is 17.0. The molecule has 1 aliphatic heterocycles. The van der Waals surface area contributed by atoms with Crippen molar-refractivity contribution in [3.8, 4) is 0 Å². The molecule has 25 heavy (non-hydrogen) atoms. The van der Waals surface area contributed by atoms with Crippen LogP contribution in [0.3, 0.4) is 0 Å². The Hall–Kier alpha value is -1.39. The van der Waals surface area contributed by atoms with Crippen LogP contribution in [-0.2, 0) is 10.3 Å². The average Bonchev–Trinajstić information content (AvgIpc) is 3.40. The van der Waals surface area contributed by atoms with E-state index < -0.39 is 0 Å². The summed E-state index contributed by atoms with van der Waals surface area (Å²) >= 11 is 0. The highest BCUT2D eigenvalue weighted by Gasteiger charge is 2.53. The zero-order valence-electron chi connectivity index (χ0n) is 15.2. The third kappa shape index (κ3) is 3.11. The van der Waals surface area contributed by atoms with Crippen LogP contribution in [0.4, 0.5) is 0 Å². The van der Waals surface area contributed by atoms with Gasteiger partial charge >= 0.3 is 0 Å². The average molecular weight is 342 g/mol. The van der Waals surface area contributed by atoms with E-state index in [1.165, 1.54) is 38.6 Å². The molecule has 136 valence electrons. The van der Waals surface area contributed by atoms with E-state index in [0.717, 1.165) is 24.6 Å². The molecule has 2 N–H and O–H groups in total. The minimum absolute atomic E-state index is 0.251. The lowest BCUT2D eigenvalue weighted by molar-refractivity contribution is -0.183. The number of nitrogens with zero attached hydrogens (tertiary/aromatic N) is 1. The summed E-state index contributed by atoms with van der Waals surface area (Å²) in [5, 5.41) is 0. The maximum atomic E-state index is 11.7. The van der Waals surface area contributed by atoms with Gasteiger partial charge in [0.1, 0.15) is 5.60 Å². The van der Waals surface area contributed by atoms with E-state index in [2.05, 4.69) is 17.9 Å². The van der Waals surface area contributed by atoms with Crippen LogP contribution in [0.2, 0.25) is 0 Å². The van der Waals surface area contributed by atoms with Gasteiger partial charge in [0.25, 0.3) is 0 Å². The molecule has 0 radical (unpaired) electrons. The van der Waals surface area contributed by atoms with Crippen LogP contribution in [0.25, 0.3) is 0 Å². The van der Waals surface area contributed by atoms with Crippen LogP contribution in [0.1, 0.15) is 54.9 Å². The normalized spacial score (nSPS) is 32.5. The molecule has 2 saturated carbocycles. The Bertz CT molecular complexity index is 627. The topological polar surface area (TPSA) is 55.6 Å². The van der Waals surface area contributed by atoms with Gasteiger partial charge in [-0.2, -0.15) is 0 Å². The molecule has 2 aliphatic carbocycles. The first-order valence-corrected chi connectivity index (χ1v) is 9.90. The van der Waals surface area contributed by atoms with E-state index in [-0.39, 0.29) is 11.5 Å². The summed E-state index contributed by atoms with van der Waals surface area (Å²) in [5.41, 5.74) is 7.04. The van der Waals surface area contributed by atoms with Gasteiger partial charge in [-0.15, -0.1) is 0 Å². The van der Waals surface area contributed by atoms with Gasteiger partial charge in [0, 0.05) is 43.6 Å². The van der Waals surface area contributed by atoms with E-state index in [0.29, 0.717) is 24.0 Å². The molecule has 1 aromatic carbocycles. The summed E-state index contributed by atoms with van der Waals surface area (Å²) in [6.07, 6.45) is 6.51. The second-order valence-corrected chi connectivity index (χ2v) is 8.16. The zero-order chi connectivity index (χ0) is 17.4. The first-order valence-electron chi connectivity index (χ1n) is 9.90. The molecule has 1 heterocycles. The Morgan fingerprint density at radius 1 is 1.24 bits per heavy atom. The smallest absolute Gasteiger partial charge is 0.248 e. The third-order valence-electron chi connectivity index (χ3n) is 6.47. The van der Waals surface area contributed by atoms with E-state index in [1.54, 1.807) is 0 Å². The molecule has 1 saturated heterocycles. The molecule has 4 rings (SSSR count). The molecule has 0 spiro atoms. The van der Waals surface area contributed by atoms with Gasteiger partial charge in [0.05, 0.1) is 0 Å². The van der Waals surface area contributed by atoms with Gasteiger partial charge in [0.15, 0.2) is 0 Å². The van der Waals surface area contributed by atoms with Crippen molar-refractivity contribution in [2.24, 2.45) is 23.5 Å². The summed E-state index contributed by atoms with van der Waals surface area (Å²) in [4.78, 5) is 14.4. The molecule has 1 amide bonds. The summed E-state index contributed by atoms with van der Waals surface area (Å²) in [6, 6.07) is 7.90. The number of nitrogens with two attached hydrogens (primary N) is 1. The Morgan fingerprint density at radius 2 is 1.96 bits per heavy atom. The second kappa shape index (κ2) is 6.73. The second-order valence-electron chi connectivity index (χ2n) is 8.16. The Morgan fingerprint density at radius 3 is 2.56 bits per heavy atom. The van der Waals surface area contributed by atoms with Crippen LogP contribution in [0, 0.1) is 17.8 Å². The van der Waals surface area contributed by atoms with Gasteiger partial charge < -0.3 is 15.4 Å². The maximum Gasteiger partial charge on any atom is 0.248 e. The van der Waals surface area contributed by atoms with Gasteiger partial charge in [0.2, 0.25) is 5.91 Å². The van der Waals surface area contributed by atoms with Crippen molar-refractivity contribution >= 4 is 5.91 Å². The van der Waals surface area contributed by atoms with Crippen molar-refractivity contribution in [3.05, 3.63) is 35.4 Å². The standard InChI is InChI=1S/C21H30N2O2/c1-2-25-21(17-6-3-5-16(11-17)20(22)24)18-7-4-8-19(21)14-23(13-18)12-15-9-10-15/h3,5-6,11,15,18-19H,2,4,7-10,12-14H2,1H3,(H2,22,24)/t18-,19+,21-. The lowest BCUT2D eigenvalue weighted by Gasteiger charge is -2.56. The van der Waals surface area contributed by atoms with Crippen LogP contribution in [-0.4, -0.2) is 37.0 Å². The molecule has 0 aromatic heterocycles. The number of likely N-dealkylation sites (tertiary alicyclic amines) is 1. The lowest BCUT2D eigenvalue weighted by atomic mass is 9.62. The predicted octanol–water partition coefficient (Wildman–Crippen LogP) is 3.16. The van der Waals surface area contributed by atoms with Crippen LogP contribution in [0.5, 0.6) is 0 Å². The third-order valence-corrected chi connectivity index (χ3v) is 6.47. The van der Waals surface area contributed by atoms with Gasteiger partial charge in [-0.25, -0.2) is 0 Å². The van der Waals surface area contributed by atoms with Crippen LogP contribution in [0.15, 0.2) is 24.3 Å². The summed E-state index contributed by atoms with van der Waals surface area (Å²) in [5.74, 6) is 1.58. The molecular formula is C21H30N2O2. The van der Waals surface area contributed by atoms with Crippen molar-refractivity contribution in [1.29, 1.82) is 0 Å². The molecule has 4 nitrogen and oxygen atoms in total. The number of primary amides is 1. The molecule has 3 aliphatic rings. The molecule has 1 aromatic rings. The van der Waals surface area contributed by atoms with Crippen molar-refractivity contribution in [1.82, 2.24) is 4.90 Å². The fraction of sp³-hybridized carbons (Fsp3) is 0.667. The van der Waals surface area contributed by atoms with E-state index in [4.69, 9.17) is 10.5 Å². The van der Waals surface area contributed by atoms with E-state index in [9.17, 15) is 4.79 Å².